The van der Waals surface area contributed by atoms with Crippen molar-refractivity contribution in [2.75, 3.05) is 7.11 Å². The van der Waals surface area contributed by atoms with Gasteiger partial charge in [-0.2, -0.15) is 0 Å². The average molecular weight is 392 g/mol. The van der Waals surface area contributed by atoms with Crippen LogP contribution in [0, 0.1) is 0 Å². The topological polar surface area (TPSA) is 49.8 Å². The normalized spacial score (nSPS) is 15.9. The highest BCUT2D eigenvalue weighted by Gasteiger charge is 2.32. The molecule has 0 saturated carbocycles. The number of rotatable bonds is 4. The van der Waals surface area contributed by atoms with E-state index in [1.165, 1.54) is 24.9 Å². The summed E-state index contributed by atoms with van der Waals surface area (Å²) in [4.78, 5) is 14.7. The number of thiocarbonyl (C=S) groups is 1. The Balaban J connectivity index is 1.89. The summed E-state index contributed by atoms with van der Waals surface area (Å²) in [6, 6.07) is 12.7. The zero-order chi connectivity index (χ0) is 18.0. The zero-order valence-corrected chi connectivity index (χ0v) is 15.6. The van der Waals surface area contributed by atoms with E-state index < -0.39 is 0 Å². The average Bonchev–Trinajstić information content (AvgIpc) is 2.86. The number of halogens is 1. The number of phenolic OH excluding ortho intramolecular Hbond substituents is 1. The lowest BCUT2D eigenvalue weighted by atomic mass is 10.1. The molecule has 1 fully saturated rings. The molecule has 1 amide bonds. The summed E-state index contributed by atoms with van der Waals surface area (Å²) in [7, 11) is 1.44. The summed E-state index contributed by atoms with van der Waals surface area (Å²) >= 11 is 12.6. The molecule has 0 atom stereocenters. The van der Waals surface area contributed by atoms with Gasteiger partial charge in [0, 0.05) is 16.7 Å². The van der Waals surface area contributed by atoms with Crippen LogP contribution in [0.15, 0.2) is 47.4 Å². The molecule has 0 unspecified atom stereocenters. The van der Waals surface area contributed by atoms with E-state index >= 15 is 0 Å². The van der Waals surface area contributed by atoms with Crippen molar-refractivity contribution >= 4 is 51.9 Å². The number of amides is 1. The Morgan fingerprint density at radius 1 is 1.32 bits per heavy atom. The maximum atomic E-state index is 12.7. The SMILES string of the molecule is COc1cc(Cl)cc(C=C2SC(=S)N(Cc3ccccc3)C2=O)c1O. The van der Waals surface area contributed by atoms with E-state index in [1.807, 2.05) is 30.3 Å². The van der Waals surface area contributed by atoms with E-state index in [2.05, 4.69) is 0 Å². The van der Waals surface area contributed by atoms with Gasteiger partial charge in [0.05, 0.1) is 18.6 Å². The quantitative estimate of drug-likeness (QED) is 0.616. The molecule has 25 heavy (non-hydrogen) atoms. The van der Waals surface area contributed by atoms with Crippen LogP contribution in [-0.4, -0.2) is 27.3 Å². The standard InChI is InChI=1S/C18H14ClNO3S2/c1-23-14-9-13(19)7-12(16(14)21)8-15-17(22)20(18(24)25-15)10-11-5-3-2-4-6-11/h2-9,21H,10H2,1H3. The van der Waals surface area contributed by atoms with Crippen LogP contribution in [0.3, 0.4) is 0 Å². The van der Waals surface area contributed by atoms with Crippen molar-refractivity contribution in [3.8, 4) is 11.5 Å². The zero-order valence-electron chi connectivity index (χ0n) is 13.2. The smallest absolute Gasteiger partial charge is 0.266 e. The van der Waals surface area contributed by atoms with Gasteiger partial charge in [0.2, 0.25) is 0 Å². The van der Waals surface area contributed by atoms with Gasteiger partial charge in [-0.25, -0.2) is 0 Å². The van der Waals surface area contributed by atoms with Crippen molar-refractivity contribution in [3.63, 3.8) is 0 Å². The first-order valence-corrected chi connectivity index (χ1v) is 8.95. The minimum Gasteiger partial charge on any atom is -0.504 e. The number of carbonyl (C=O) groups is 1. The summed E-state index contributed by atoms with van der Waals surface area (Å²) in [6.45, 7) is 0.410. The lowest BCUT2D eigenvalue weighted by Gasteiger charge is -2.14. The molecule has 0 bridgehead atoms. The molecular formula is C18H14ClNO3S2. The van der Waals surface area contributed by atoms with Crippen molar-refractivity contribution in [3.05, 3.63) is 63.5 Å². The molecule has 0 spiro atoms. The van der Waals surface area contributed by atoms with Crippen molar-refractivity contribution < 1.29 is 14.6 Å². The second kappa shape index (κ2) is 7.47. The Kier molecular flexibility index (Phi) is 5.32. The van der Waals surface area contributed by atoms with Crippen LogP contribution in [0.2, 0.25) is 5.02 Å². The molecule has 3 rings (SSSR count). The molecule has 1 saturated heterocycles. The van der Waals surface area contributed by atoms with Gasteiger partial charge in [-0.15, -0.1) is 0 Å². The van der Waals surface area contributed by atoms with E-state index in [9.17, 15) is 9.90 Å². The van der Waals surface area contributed by atoms with E-state index in [-0.39, 0.29) is 17.4 Å². The van der Waals surface area contributed by atoms with Crippen molar-refractivity contribution in [1.29, 1.82) is 0 Å². The highest BCUT2D eigenvalue weighted by Crippen LogP contribution is 2.38. The molecule has 4 nitrogen and oxygen atoms in total. The summed E-state index contributed by atoms with van der Waals surface area (Å²) in [5.41, 5.74) is 1.40. The summed E-state index contributed by atoms with van der Waals surface area (Å²) in [5, 5.41) is 10.6. The van der Waals surface area contributed by atoms with Crippen molar-refractivity contribution in [1.82, 2.24) is 4.90 Å². The largest absolute Gasteiger partial charge is 0.504 e. The van der Waals surface area contributed by atoms with Crippen LogP contribution in [0.5, 0.6) is 11.5 Å². The monoisotopic (exact) mass is 391 g/mol. The second-order valence-electron chi connectivity index (χ2n) is 5.30. The van der Waals surface area contributed by atoms with Gasteiger partial charge in [0.1, 0.15) is 4.32 Å². The summed E-state index contributed by atoms with van der Waals surface area (Å²) in [5.74, 6) is -0.0177. The van der Waals surface area contributed by atoms with Crippen molar-refractivity contribution in [2.24, 2.45) is 0 Å². The Labute approximate surface area is 160 Å². The van der Waals surface area contributed by atoms with Gasteiger partial charge in [-0.1, -0.05) is 65.9 Å². The maximum Gasteiger partial charge on any atom is 0.266 e. The van der Waals surface area contributed by atoms with Crippen LogP contribution in [0.1, 0.15) is 11.1 Å². The Morgan fingerprint density at radius 3 is 2.72 bits per heavy atom. The van der Waals surface area contributed by atoms with Crippen LogP contribution in [0.4, 0.5) is 0 Å². The van der Waals surface area contributed by atoms with Gasteiger partial charge in [-0.3, -0.25) is 9.69 Å². The number of aromatic hydroxyl groups is 1. The van der Waals surface area contributed by atoms with E-state index in [0.29, 0.717) is 26.4 Å². The molecule has 0 aromatic heterocycles. The summed E-state index contributed by atoms with van der Waals surface area (Å²) in [6.07, 6.45) is 1.58. The first-order valence-electron chi connectivity index (χ1n) is 7.35. The van der Waals surface area contributed by atoms with Gasteiger partial charge < -0.3 is 9.84 Å². The van der Waals surface area contributed by atoms with Crippen LogP contribution in [-0.2, 0) is 11.3 Å². The third-order valence-corrected chi connectivity index (χ3v) is 5.23. The number of nitrogens with zero attached hydrogens (tertiary/aromatic N) is 1. The highest BCUT2D eigenvalue weighted by atomic mass is 35.5. The minimum atomic E-state index is -0.197. The minimum absolute atomic E-state index is 0.0692. The highest BCUT2D eigenvalue weighted by molar-refractivity contribution is 8.26. The Bertz CT molecular complexity index is 868. The maximum absolute atomic E-state index is 12.7. The molecule has 2 aromatic rings. The van der Waals surface area contributed by atoms with Gasteiger partial charge in [-0.05, 0) is 17.7 Å². The predicted octanol–water partition coefficient (Wildman–Crippen LogP) is 4.46. The molecule has 7 heteroatoms. The lowest BCUT2D eigenvalue weighted by molar-refractivity contribution is -0.122. The number of carbonyl (C=O) groups excluding carboxylic acids is 1. The predicted molar refractivity (Wildman–Crippen MR) is 105 cm³/mol. The first-order chi connectivity index (χ1) is 12.0. The fourth-order valence-corrected chi connectivity index (χ4v) is 3.87. The molecule has 1 aliphatic heterocycles. The molecule has 1 N–H and O–H groups in total. The molecule has 1 aliphatic rings. The number of ether oxygens (including phenoxy) is 1. The number of benzene rings is 2. The molecule has 0 aliphatic carbocycles. The van der Waals surface area contributed by atoms with Gasteiger partial charge in [0.25, 0.3) is 5.91 Å². The fraction of sp³-hybridized carbons (Fsp3) is 0.111. The van der Waals surface area contributed by atoms with E-state index in [0.717, 1.165) is 5.56 Å². The number of methoxy groups -OCH3 is 1. The van der Waals surface area contributed by atoms with E-state index in [1.54, 1.807) is 17.0 Å². The number of phenols is 1. The number of hydrogen-bond acceptors (Lipinski definition) is 5. The summed E-state index contributed by atoms with van der Waals surface area (Å²) < 4.78 is 5.57. The Hall–Kier alpha value is -2.02. The Morgan fingerprint density at radius 2 is 2.04 bits per heavy atom. The third-order valence-electron chi connectivity index (χ3n) is 3.63. The molecule has 2 aromatic carbocycles. The molecule has 128 valence electrons. The molecular weight excluding hydrogens is 378 g/mol. The lowest BCUT2D eigenvalue weighted by Crippen LogP contribution is -2.27. The van der Waals surface area contributed by atoms with Gasteiger partial charge >= 0.3 is 0 Å². The third kappa shape index (κ3) is 3.81. The number of thioether (sulfide) groups is 1. The van der Waals surface area contributed by atoms with Crippen LogP contribution >= 0.6 is 35.6 Å². The second-order valence-corrected chi connectivity index (χ2v) is 7.41. The van der Waals surface area contributed by atoms with E-state index in [4.69, 9.17) is 28.6 Å². The van der Waals surface area contributed by atoms with Crippen LogP contribution < -0.4 is 4.74 Å². The van der Waals surface area contributed by atoms with Crippen LogP contribution in [0.25, 0.3) is 6.08 Å². The fourth-order valence-electron chi connectivity index (χ4n) is 2.40. The van der Waals surface area contributed by atoms with Crippen molar-refractivity contribution in [2.45, 2.75) is 6.54 Å². The number of hydrogen-bond donors (Lipinski definition) is 1. The first kappa shape index (κ1) is 17.8. The molecule has 0 radical (unpaired) electrons. The van der Waals surface area contributed by atoms with Gasteiger partial charge in [0.15, 0.2) is 11.5 Å². The molecule has 1 heterocycles.